The third-order valence-electron chi connectivity index (χ3n) is 7.31. The van der Waals surface area contributed by atoms with Crippen molar-refractivity contribution in [2.45, 2.75) is 24.6 Å². The van der Waals surface area contributed by atoms with Crippen molar-refractivity contribution < 1.29 is 33.0 Å². The molecule has 5 rings (SSSR count). The van der Waals surface area contributed by atoms with E-state index in [0.29, 0.717) is 63.5 Å². The van der Waals surface area contributed by atoms with Gasteiger partial charge in [0.2, 0.25) is 5.91 Å². The average Bonchev–Trinajstić information content (AvgIpc) is 3.31. The summed E-state index contributed by atoms with van der Waals surface area (Å²) < 4.78 is 30.9. The molecule has 0 aromatic heterocycles. The number of methoxy groups -OCH3 is 1. The van der Waals surface area contributed by atoms with Gasteiger partial charge in [0.1, 0.15) is 23.3 Å². The number of hydrogen-bond acceptors (Lipinski definition) is 6. The second-order valence-electron chi connectivity index (χ2n) is 9.42. The number of amides is 3. The lowest BCUT2D eigenvalue weighted by Gasteiger charge is -2.45. The quantitative estimate of drug-likeness (QED) is 0.625. The SMILES string of the molecule is COc1cccc(C(=O)N2CCC3(CC2)OC[C@H](C(=O)N2CCOCC2)N3C(=O)c2cccc(F)c2)c1. The highest BCUT2D eigenvalue weighted by molar-refractivity contribution is 5.98. The van der Waals surface area contributed by atoms with Crippen molar-refractivity contribution in [3.05, 3.63) is 65.5 Å². The van der Waals surface area contributed by atoms with Gasteiger partial charge in [0.25, 0.3) is 11.8 Å². The Morgan fingerprint density at radius 1 is 0.919 bits per heavy atom. The van der Waals surface area contributed by atoms with E-state index in [-0.39, 0.29) is 24.0 Å². The fourth-order valence-corrected chi connectivity index (χ4v) is 5.31. The summed E-state index contributed by atoms with van der Waals surface area (Å²) in [7, 11) is 1.55. The Morgan fingerprint density at radius 2 is 1.59 bits per heavy atom. The van der Waals surface area contributed by atoms with Gasteiger partial charge in [0.05, 0.1) is 26.9 Å². The van der Waals surface area contributed by atoms with Gasteiger partial charge in [-0.15, -0.1) is 0 Å². The van der Waals surface area contributed by atoms with Crippen LogP contribution in [0.15, 0.2) is 48.5 Å². The Bertz CT molecular complexity index is 1180. The van der Waals surface area contributed by atoms with Crippen LogP contribution in [0.4, 0.5) is 4.39 Å². The molecule has 9 nitrogen and oxygen atoms in total. The van der Waals surface area contributed by atoms with Gasteiger partial charge in [-0.2, -0.15) is 0 Å². The first-order valence-corrected chi connectivity index (χ1v) is 12.4. The van der Waals surface area contributed by atoms with Crippen LogP contribution in [0.25, 0.3) is 0 Å². The zero-order valence-corrected chi connectivity index (χ0v) is 20.7. The van der Waals surface area contributed by atoms with Crippen LogP contribution in [-0.2, 0) is 14.3 Å². The normalized spacial score (nSPS) is 21.2. The topological polar surface area (TPSA) is 88.6 Å². The molecule has 10 heteroatoms. The summed E-state index contributed by atoms with van der Waals surface area (Å²) in [6.45, 7) is 2.46. The van der Waals surface area contributed by atoms with E-state index in [2.05, 4.69) is 0 Å². The van der Waals surface area contributed by atoms with Crippen LogP contribution in [0.3, 0.4) is 0 Å². The van der Waals surface area contributed by atoms with Gasteiger partial charge in [-0.25, -0.2) is 4.39 Å². The Hall–Kier alpha value is -3.50. The number of ether oxygens (including phenoxy) is 3. The maximum absolute atomic E-state index is 14.0. The van der Waals surface area contributed by atoms with Gasteiger partial charge in [-0.1, -0.05) is 12.1 Å². The van der Waals surface area contributed by atoms with Crippen molar-refractivity contribution in [1.29, 1.82) is 0 Å². The van der Waals surface area contributed by atoms with Gasteiger partial charge < -0.3 is 24.0 Å². The minimum Gasteiger partial charge on any atom is -0.497 e. The lowest BCUT2D eigenvalue weighted by atomic mass is 9.96. The van der Waals surface area contributed by atoms with E-state index in [1.165, 1.54) is 29.2 Å². The molecule has 3 amide bonds. The van der Waals surface area contributed by atoms with Crippen molar-refractivity contribution in [2.75, 3.05) is 53.1 Å². The van der Waals surface area contributed by atoms with E-state index in [1.807, 2.05) is 0 Å². The molecule has 0 radical (unpaired) electrons. The fraction of sp³-hybridized carbons (Fsp3) is 0.444. The number of hydrogen-bond donors (Lipinski definition) is 0. The lowest BCUT2D eigenvalue weighted by Crippen LogP contribution is -2.60. The highest BCUT2D eigenvalue weighted by atomic mass is 19.1. The predicted octanol–water partition coefficient (Wildman–Crippen LogP) is 2.17. The predicted molar refractivity (Wildman–Crippen MR) is 131 cm³/mol. The van der Waals surface area contributed by atoms with E-state index in [1.54, 1.807) is 41.2 Å². The second-order valence-corrected chi connectivity index (χ2v) is 9.42. The number of rotatable bonds is 4. The zero-order chi connectivity index (χ0) is 26.0. The number of piperidine rings is 1. The van der Waals surface area contributed by atoms with Crippen LogP contribution in [0.5, 0.6) is 5.75 Å². The molecule has 1 spiro atoms. The number of carbonyl (C=O) groups excluding carboxylic acids is 3. The lowest BCUT2D eigenvalue weighted by molar-refractivity contribution is -0.141. The molecule has 3 fully saturated rings. The standard InChI is InChI=1S/C27H30FN3O6/c1-35-22-7-3-5-20(17-22)24(32)29-10-8-27(9-11-29)31(25(33)19-4-2-6-21(28)16-19)23(18-37-27)26(34)30-12-14-36-15-13-30/h2-7,16-17,23H,8-15,18H2,1H3/t23-/m1/s1. The molecule has 1 atom stereocenters. The maximum Gasteiger partial charge on any atom is 0.256 e. The minimum atomic E-state index is -1.07. The third-order valence-corrected chi connectivity index (χ3v) is 7.31. The fourth-order valence-electron chi connectivity index (χ4n) is 5.31. The third kappa shape index (κ3) is 4.91. The van der Waals surface area contributed by atoms with Crippen molar-refractivity contribution in [3.8, 4) is 5.75 Å². The molecule has 0 bridgehead atoms. The summed E-state index contributed by atoms with van der Waals surface area (Å²) in [6, 6.07) is 11.6. The Labute approximate surface area is 214 Å². The summed E-state index contributed by atoms with van der Waals surface area (Å²) >= 11 is 0. The molecule has 196 valence electrons. The number of nitrogens with zero attached hydrogens (tertiary/aromatic N) is 3. The summed E-state index contributed by atoms with van der Waals surface area (Å²) in [5, 5.41) is 0. The first-order chi connectivity index (χ1) is 17.9. The summed E-state index contributed by atoms with van der Waals surface area (Å²) in [5.41, 5.74) is -0.406. The molecule has 2 aromatic rings. The van der Waals surface area contributed by atoms with E-state index in [9.17, 15) is 18.8 Å². The molecule has 0 unspecified atom stereocenters. The summed E-state index contributed by atoms with van der Waals surface area (Å²) in [6.07, 6.45) is 0.660. The molecule has 37 heavy (non-hydrogen) atoms. The Kier molecular flexibility index (Phi) is 7.12. The van der Waals surface area contributed by atoms with Gasteiger partial charge >= 0.3 is 0 Å². The van der Waals surface area contributed by atoms with E-state index >= 15 is 0 Å². The van der Waals surface area contributed by atoms with Crippen LogP contribution in [0, 0.1) is 5.82 Å². The van der Waals surface area contributed by atoms with Crippen molar-refractivity contribution in [1.82, 2.24) is 14.7 Å². The number of likely N-dealkylation sites (tertiary alicyclic amines) is 1. The van der Waals surface area contributed by atoms with Crippen molar-refractivity contribution >= 4 is 17.7 Å². The molecule has 3 aliphatic rings. The highest BCUT2D eigenvalue weighted by Crippen LogP contribution is 2.39. The molecule has 3 heterocycles. The summed E-state index contributed by atoms with van der Waals surface area (Å²) in [5.74, 6) is -0.753. The number of carbonyl (C=O) groups is 3. The van der Waals surface area contributed by atoms with Crippen LogP contribution in [-0.4, -0.2) is 97.3 Å². The van der Waals surface area contributed by atoms with Gasteiger partial charge in [0, 0.05) is 50.1 Å². The average molecular weight is 512 g/mol. The van der Waals surface area contributed by atoms with Crippen LogP contribution in [0.1, 0.15) is 33.6 Å². The number of morpholine rings is 1. The molecule has 2 aromatic carbocycles. The Balaban J connectivity index is 1.39. The molecule has 3 aliphatic heterocycles. The van der Waals surface area contributed by atoms with Crippen LogP contribution in [0.2, 0.25) is 0 Å². The van der Waals surface area contributed by atoms with Gasteiger partial charge in [-0.3, -0.25) is 19.3 Å². The second kappa shape index (κ2) is 10.5. The maximum atomic E-state index is 14.0. The molecule has 3 saturated heterocycles. The highest BCUT2D eigenvalue weighted by Gasteiger charge is 2.55. The number of halogens is 1. The molecule has 0 aliphatic carbocycles. The van der Waals surface area contributed by atoms with Crippen LogP contribution < -0.4 is 4.74 Å². The van der Waals surface area contributed by atoms with E-state index in [0.717, 1.165) is 0 Å². The van der Waals surface area contributed by atoms with Crippen molar-refractivity contribution in [2.24, 2.45) is 0 Å². The minimum absolute atomic E-state index is 0.0427. The van der Waals surface area contributed by atoms with Gasteiger partial charge in [-0.05, 0) is 36.4 Å². The molecular weight excluding hydrogens is 481 g/mol. The zero-order valence-electron chi connectivity index (χ0n) is 20.7. The van der Waals surface area contributed by atoms with Crippen molar-refractivity contribution in [3.63, 3.8) is 0 Å². The largest absolute Gasteiger partial charge is 0.497 e. The van der Waals surface area contributed by atoms with Gasteiger partial charge in [0.15, 0.2) is 0 Å². The summed E-state index contributed by atoms with van der Waals surface area (Å²) in [4.78, 5) is 45.3. The van der Waals surface area contributed by atoms with E-state index in [4.69, 9.17) is 14.2 Å². The molecule has 0 saturated carbocycles. The van der Waals surface area contributed by atoms with Crippen LogP contribution >= 0.6 is 0 Å². The monoisotopic (exact) mass is 511 g/mol. The molecule has 0 N–H and O–H groups in total. The first kappa shape index (κ1) is 25.2. The molecular formula is C27H30FN3O6. The first-order valence-electron chi connectivity index (χ1n) is 12.4. The smallest absolute Gasteiger partial charge is 0.256 e. The van der Waals surface area contributed by atoms with E-state index < -0.39 is 23.5 Å². The Morgan fingerprint density at radius 3 is 2.27 bits per heavy atom. The number of benzene rings is 2.